The van der Waals surface area contributed by atoms with Crippen LogP contribution in [0, 0.1) is 11.6 Å². The number of hydrogen-bond acceptors (Lipinski definition) is 7. The molecule has 9 nitrogen and oxygen atoms in total. The summed E-state index contributed by atoms with van der Waals surface area (Å²) in [7, 11) is 0. The van der Waals surface area contributed by atoms with Crippen LogP contribution in [0.5, 0.6) is 0 Å². The molecule has 0 spiro atoms. The zero-order valence-electron chi connectivity index (χ0n) is 20.4. The molecular formula is C25H27F4N5O4. The molecule has 0 aliphatic carbocycles. The van der Waals surface area contributed by atoms with E-state index in [0.29, 0.717) is 6.42 Å². The number of ether oxygens (including phenoxy) is 1. The fourth-order valence-corrected chi connectivity index (χ4v) is 4.41. The molecule has 1 aromatic heterocycles. The predicted octanol–water partition coefficient (Wildman–Crippen LogP) is 3.09. The monoisotopic (exact) mass is 537 g/mol. The first-order valence-corrected chi connectivity index (χ1v) is 12.2. The van der Waals surface area contributed by atoms with Crippen LogP contribution >= 0.6 is 0 Å². The number of rotatable bonds is 9. The van der Waals surface area contributed by atoms with Crippen LogP contribution in [0.3, 0.4) is 0 Å². The molecule has 2 aliphatic rings. The summed E-state index contributed by atoms with van der Waals surface area (Å²) in [6.45, 7) is 0.744. The van der Waals surface area contributed by atoms with Crippen LogP contribution in [0.15, 0.2) is 36.7 Å². The molecule has 1 atom stereocenters. The first-order chi connectivity index (χ1) is 18.2. The Hall–Kier alpha value is -3.74. The van der Waals surface area contributed by atoms with Crippen LogP contribution in [-0.4, -0.2) is 73.0 Å². The first-order valence-electron chi connectivity index (χ1n) is 12.2. The minimum absolute atomic E-state index is 0.0865. The molecule has 1 N–H and O–H groups in total. The van der Waals surface area contributed by atoms with Crippen LogP contribution < -0.4 is 15.2 Å². The summed E-state index contributed by atoms with van der Waals surface area (Å²) in [6, 6.07) is 5.67. The molecule has 38 heavy (non-hydrogen) atoms. The maximum Gasteiger partial charge on any atom is 0.414 e. The zero-order chi connectivity index (χ0) is 27.2. The van der Waals surface area contributed by atoms with Gasteiger partial charge in [0, 0.05) is 57.0 Å². The van der Waals surface area contributed by atoms with Crippen molar-refractivity contribution in [2.24, 2.45) is 0 Å². The van der Waals surface area contributed by atoms with Gasteiger partial charge in [-0.25, -0.2) is 27.8 Å². The van der Waals surface area contributed by atoms with Gasteiger partial charge in [-0.15, -0.1) is 0 Å². The Morgan fingerprint density at radius 3 is 2.58 bits per heavy atom. The lowest BCUT2D eigenvalue weighted by Gasteiger charge is -2.25. The lowest BCUT2D eigenvalue weighted by Crippen LogP contribution is -2.43. The van der Waals surface area contributed by atoms with Crippen LogP contribution in [0.1, 0.15) is 24.8 Å². The van der Waals surface area contributed by atoms with Gasteiger partial charge in [0.15, 0.2) is 17.4 Å². The standard InChI is InChI=1S/C25H27F4N5O4/c26-19-12-17(33-15-18(38-25(33)37)4-5-21(35)24(28)29)13-20(27)23(19)32-9-8-31-34(11-10-32)22(36)6-3-16-2-1-7-30-14-16/h1-2,7,12-14,18,24,31H,3-6,8-11,15H2/t18-/m0/s1. The minimum Gasteiger partial charge on any atom is -0.444 e. The van der Waals surface area contributed by atoms with Crippen molar-refractivity contribution < 1.29 is 36.7 Å². The van der Waals surface area contributed by atoms with E-state index in [2.05, 4.69) is 10.4 Å². The number of anilines is 2. The number of carbonyl (C=O) groups excluding carboxylic acids is 3. The fourth-order valence-electron chi connectivity index (χ4n) is 4.41. The van der Waals surface area contributed by atoms with E-state index in [0.717, 1.165) is 22.6 Å². The highest BCUT2D eigenvalue weighted by Crippen LogP contribution is 2.32. The van der Waals surface area contributed by atoms with Gasteiger partial charge in [0.2, 0.25) is 5.91 Å². The van der Waals surface area contributed by atoms with E-state index >= 15 is 8.78 Å². The zero-order valence-corrected chi connectivity index (χ0v) is 20.4. The van der Waals surface area contributed by atoms with Crippen molar-refractivity contribution >= 4 is 29.2 Å². The Kier molecular flexibility index (Phi) is 8.77. The number of pyridine rings is 1. The van der Waals surface area contributed by atoms with E-state index in [1.165, 1.54) is 9.91 Å². The molecule has 2 amide bonds. The van der Waals surface area contributed by atoms with Crippen molar-refractivity contribution in [1.82, 2.24) is 15.4 Å². The smallest absolute Gasteiger partial charge is 0.414 e. The number of carbonyl (C=O) groups is 3. The van der Waals surface area contributed by atoms with Crippen LogP contribution in [0.25, 0.3) is 0 Å². The molecule has 0 unspecified atom stereocenters. The molecule has 2 aliphatic heterocycles. The molecule has 0 saturated carbocycles. The maximum atomic E-state index is 15.1. The van der Waals surface area contributed by atoms with Crippen LogP contribution in [-0.2, 0) is 20.7 Å². The minimum atomic E-state index is -3.11. The van der Waals surface area contributed by atoms with Gasteiger partial charge in [-0.05, 0) is 24.5 Å². The molecule has 0 bridgehead atoms. The summed E-state index contributed by atoms with van der Waals surface area (Å²) < 4.78 is 60.1. The van der Waals surface area contributed by atoms with Gasteiger partial charge in [-0.2, -0.15) is 0 Å². The lowest BCUT2D eigenvalue weighted by atomic mass is 10.1. The highest BCUT2D eigenvalue weighted by atomic mass is 19.3. The number of aryl methyl sites for hydroxylation is 1. The van der Waals surface area contributed by atoms with Crippen molar-refractivity contribution in [3.63, 3.8) is 0 Å². The van der Waals surface area contributed by atoms with E-state index in [1.54, 1.807) is 18.5 Å². The summed E-state index contributed by atoms with van der Waals surface area (Å²) in [5, 5.41) is 1.44. The number of hydrogen-bond donors (Lipinski definition) is 1. The summed E-state index contributed by atoms with van der Waals surface area (Å²) in [5.41, 5.74) is 3.55. The second kappa shape index (κ2) is 12.2. The van der Waals surface area contributed by atoms with Crippen molar-refractivity contribution in [2.75, 3.05) is 42.5 Å². The van der Waals surface area contributed by atoms with Gasteiger partial charge < -0.3 is 9.64 Å². The average molecular weight is 538 g/mol. The van der Waals surface area contributed by atoms with Gasteiger partial charge in [-0.3, -0.25) is 24.5 Å². The third-order valence-electron chi connectivity index (χ3n) is 6.39. The first kappa shape index (κ1) is 27.3. The Morgan fingerprint density at radius 2 is 1.89 bits per heavy atom. The van der Waals surface area contributed by atoms with E-state index in [4.69, 9.17) is 4.74 Å². The Balaban J connectivity index is 1.36. The number of amides is 2. The molecule has 13 heteroatoms. The van der Waals surface area contributed by atoms with Gasteiger partial charge in [0.05, 0.1) is 18.8 Å². The van der Waals surface area contributed by atoms with Crippen molar-refractivity contribution in [3.8, 4) is 0 Å². The Labute approximate surface area is 216 Å². The third kappa shape index (κ3) is 6.57. The van der Waals surface area contributed by atoms with E-state index in [9.17, 15) is 23.2 Å². The van der Waals surface area contributed by atoms with E-state index < -0.39 is 42.5 Å². The molecule has 0 radical (unpaired) electrons. The van der Waals surface area contributed by atoms with Gasteiger partial charge in [0.25, 0.3) is 6.43 Å². The fraction of sp³-hybridized carbons (Fsp3) is 0.440. The normalized spacial score (nSPS) is 18.1. The number of nitrogens with one attached hydrogen (secondary N) is 1. The van der Waals surface area contributed by atoms with Gasteiger partial charge in [-0.1, -0.05) is 6.07 Å². The summed E-state index contributed by atoms with van der Waals surface area (Å²) >= 11 is 0. The van der Waals surface area contributed by atoms with Gasteiger partial charge in [0.1, 0.15) is 11.8 Å². The lowest BCUT2D eigenvalue weighted by molar-refractivity contribution is -0.134. The molecule has 2 saturated heterocycles. The number of alkyl halides is 2. The second-order valence-electron chi connectivity index (χ2n) is 8.98. The number of ketones is 1. The molecule has 2 fully saturated rings. The number of cyclic esters (lactones) is 1. The topological polar surface area (TPSA) is 95.1 Å². The SMILES string of the molecule is O=C(CC[C@H]1CN(c2cc(F)c(N3CCNN(C(=O)CCc4cccnc4)CC3)c(F)c2)C(=O)O1)C(F)F. The number of halogens is 4. The molecular weight excluding hydrogens is 510 g/mol. The largest absolute Gasteiger partial charge is 0.444 e. The highest BCUT2D eigenvalue weighted by Gasteiger charge is 2.34. The predicted molar refractivity (Wildman–Crippen MR) is 129 cm³/mol. The molecule has 4 rings (SSSR count). The second-order valence-corrected chi connectivity index (χ2v) is 8.98. The van der Waals surface area contributed by atoms with Crippen LogP contribution in [0.4, 0.5) is 33.7 Å². The number of benzene rings is 1. The maximum absolute atomic E-state index is 15.1. The van der Waals surface area contributed by atoms with Crippen molar-refractivity contribution in [2.45, 2.75) is 38.2 Å². The molecule has 204 valence electrons. The third-order valence-corrected chi connectivity index (χ3v) is 6.39. The van der Waals surface area contributed by atoms with Crippen LogP contribution in [0.2, 0.25) is 0 Å². The highest BCUT2D eigenvalue weighted by molar-refractivity contribution is 5.90. The molecule has 3 heterocycles. The summed E-state index contributed by atoms with van der Waals surface area (Å²) in [5.74, 6) is -3.22. The number of aromatic nitrogens is 1. The average Bonchev–Trinajstić information content (AvgIpc) is 3.10. The van der Waals surface area contributed by atoms with Gasteiger partial charge >= 0.3 is 6.09 Å². The Bertz CT molecular complexity index is 1150. The number of Topliss-reactive ketones (excluding diaryl/α,β-unsaturated/α-hetero) is 1. The Morgan fingerprint density at radius 1 is 1.13 bits per heavy atom. The van der Waals surface area contributed by atoms with Crippen molar-refractivity contribution in [3.05, 3.63) is 53.9 Å². The quantitative estimate of drug-likeness (QED) is 0.492. The number of nitrogens with zero attached hydrogens (tertiary/aromatic N) is 4. The van der Waals surface area contributed by atoms with Crippen molar-refractivity contribution in [1.29, 1.82) is 0 Å². The van der Waals surface area contributed by atoms with E-state index in [-0.39, 0.29) is 62.8 Å². The summed E-state index contributed by atoms with van der Waals surface area (Å²) in [6.07, 6.45) is -1.33. The molecule has 1 aromatic carbocycles. The summed E-state index contributed by atoms with van der Waals surface area (Å²) in [4.78, 5) is 42.5. The molecule has 2 aromatic rings. The van der Waals surface area contributed by atoms with E-state index in [1.807, 2.05) is 6.07 Å². The number of hydrazine groups is 1.